The van der Waals surface area contributed by atoms with Gasteiger partial charge in [-0.3, -0.25) is 0 Å². The summed E-state index contributed by atoms with van der Waals surface area (Å²) in [7, 11) is -4.20. The van der Waals surface area contributed by atoms with Gasteiger partial charge < -0.3 is 21.8 Å². The second-order valence-corrected chi connectivity index (χ2v) is 26.7. The Bertz CT molecular complexity index is 512. The quantitative estimate of drug-likeness (QED) is 0.221. The number of epoxide rings is 1. The topological polar surface area (TPSA) is 49.5 Å². The van der Waals surface area contributed by atoms with Gasteiger partial charge in [-0.15, -0.1) is 0 Å². The molecule has 1 saturated heterocycles. The summed E-state index contributed by atoms with van der Waals surface area (Å²) < 4.78 is 30.5. The van der Waals surface area contributed by atoms with Crippen molar-refractivity contribution < 1.29 is 21.8 Å². The van der Waals surface area contributed by atoms with Gasteiger partial charge in [0.2, 0.25) is 0 Å². The molecule has 1 saturated carbocycles. The number of rotatable bonds is 12. The Morgan fingerprint density at radius 1 is 0.733 bits per heavy atom. The summed E-state index contributed by atoms with van der Waals surface area (Å²) in [5, 5.41) is 0. The Labute approximate surface area is 192 Å². The second kappa shape index (κ2) is 11.7. The minimum Gasteiger partial charge on any atom is -0.437 e. The van der Waals surface area contributed by atoms with Crippen molar-refractivity contribution >= 4 is 33.8 Å². The molecule has 9 heteroatoms. The molecule has 30 heavy (non-hydrogen) atoms. The van der Waals surface area contributed by atoms with Crippen LogP contribution in [0, 0.1) is 5.92 Å². The molecule has 0 amide bonds. The molecular weight excluding hydrogens is 445 g/mol. The number of hydrogen-bond acceptors (Lipinski definition) is 5. The summed E-state index contributed by atoms with van der Waals surface area (Å²) in [4.78, 5) is 0. The summed E-state index contributed by atoms with van der Waals surface area (Å²) in [6, 6.07) is 3.27. The first-order valence-corrected chi connectivity index (χ1v) is 22.5. The summed E-state index contributed by atoms with van der Waals surface area (Å²) in [6.45, 7) is 16.0. The van der Waals surface area contributed by atoms with Crippen LogP contribution in [-0.4, -0.2) is 60.2 Å². The Kier molecular flexibility index (Phi) is 12.0. The third-order valence-electron chi connectivity index (χ3n) is 6.36. The zero-order chi connectivity index (χ0) is 21.2. The maximum Gasteiger partial charge on any atom is 0.334 e. The molecule has 2 rings (SSSR count). The maximum atomic E-state index is 6.78. The molecule has 0 radical (unpaired) electrons. The molecule has 0 bridgehead atoms. The first kappa shape index (κ1) is 30.7. The van der Waals surface area contributed by atoms with E-state index < -0.39 is 33.8 Å². The number of hydrogen-bond donors (Lipinski definition) is 0. The average Bonchev–Trinajstić information content (AvgIpc) is 3.35. The van der Waals surface area contributed by atoms with Crippen LogP contribution in [0.1, 0.15) is 40.5 Å². The van der Waals surface area contributed by atoms with Crippen LogP contribution < -0.4 is 0 Å². The van der Waals surface area contributed by atoms with Crippen molar-refractivity contribution in [1.82, 2.24) is 0 Å². The third-order valence-corrected chi connectivity index (χ3v) is 21.0. The van der Waals surface area contributed by atoms with Crippen LogP contribution in [0.25, 0.3) is 0 Å². The van der Waals surface area contributed by atoms with Gasteiger partial charge in [-0.25, -0.2) is 0 Å². The van der Waals surface area contributed by atoms with Gasteiger partial charge in [-0.2, -0.15) is 0 Å². The summed E-state index contributed by atoms with van der Waals surface area (Å²) in [6.07, 6.45) is 6.36. The van der Waals surface area contributed by atoms with Gasteiger partial charge in [0.15, 0.2) is 16.6 Å². The smallest absolute Gasteiger partial charge is 0.334 e. The molecule has 182 valence electrons. The molecule has 0 aromatic heterocycles. The van der Waals surface area contributed by atoms with E-state index in [0.29, 0.717) is 12.2 Å². The molecule has 0 spiro atoms. The predicted molar refractivity (Wildman–Crippen MR) is 139 cm³/mol. The zero-order valence-corrected chi connectivity index (χ0v) is 23.7. The van der Waals surface area contributed by atoms with E-state index in [1.165, 1.54) is 31.7 Å². The molecule has 2 fully saturated rings. The standard InChI is InChI=1S/C19H44O5Si4.2CH4/c1-20-28(9,21-2)15-14-26(5,6)24-27(7,8)23-25(3,4)13-12-17-10-11-18-19(16-17)22-18;;/h17-19H,10-16H2,1-9H3;2*1H4. The minimum atomic E-state index is -2.15. The fourth-order valence-corrected chi connectivity index (χ4v) is 22.5. The van der Waals surface area contributed by atoms with Gasteiger partial charge in [0.25, 0.3) is 0 Å². The lowest BCUT2D eigenvalue weighted by Crippen LogP contribution is -2.53. The Hall–Kier alpha value is 0.668. The monoisotopic (exact) mass is 496 g/mol. The maximum absolute atomic E-state index is 6.78. The highest BCUT2D eigenvalue weighted by molar-refractivity contribution is 6.88. The molecule has 0 aromatic rings. The lowest BCUT2D eigenvalue weighted by Gasteiger charge is -2.39. The van der Waals surface area contributed by atoms with E-state index in [1.807, 2.05) is 0 Å². The number of fused-ring (bicyclic) bond motifs is 1. The molecule has 3 atom stereocenters. The zero-order valence-electron chi connectivity index (χ0n) is 19.7. The van der Waals surface area contributed by atoms with Gasteiger partial charge in [-0.05, 0) is 89.1 Å². The number of ether oxygens (including phenoxy) is 1. The van der Waals surface area contributed by atoms with E-state index in [0.717, 1.165) is 18.0 Å². The minimum absolute atomic E-state index is 0. The average molecular weight is 497 g/mol. The van der Waals surface area contributed by atoms with Gasteiger partial charge in [0.05, 0.1) is 12.2 Å². The van der Waals surface area contributed by atoms with Crippen LogP contribution in [0.4, 0.5) is 0 Å². The summed E-state index contributed by atoms with van der Waals surface area (Å²) >= 11 is 0. The summed E-state index contributed by atoms with van der Waals surface area (Å²) in [5.41, 5.74) is 0. The fraction of sp³-hybridized carbons (Fsp3) is 1.00. The molecule has 0 aromatic carbocycles. The van der Waals surface area contributed by atoms with E-state index in [9.17, 15) is 0 Å². The van der Waals surface area contributed by atoms with Crippen molar-refractivity contribution in [2.45, 2.75) is 117 Å². The van der Waals surface area contributed by atoms with Gasteiger partial charge >= 0.3 is 17.1 Å². The van der Waals surface area contributed by atoms with Crippen molar-refractivity contribution in [3.63, 3.8) is 0 Å². The first-order chi connectivity index (χ1) is 12.8. The van der Waals surface area contributed by atoms with E-state index in [2.05, 4.69) is 45.8 Å². The molecule has 2 aliphatic rings. The van der Waals surface area contributed by atoms with Crippen LogP contribution >= 0.6 is 0 Å². The van der Waals surface area contributed by atoms with Crippen molar-refractivity contribution in [2.24, 2.45) is 5.92 Å². The van der Waals surface area contributed by atoms with E-state index >= 15 is 0 Å². The normalized spacial score (nSPS) is 24.5. The Morgan fingerprint density at radius 2 is 1.27 bits per heavy atom. The fourth-order valence-electron chi connectivity index (χ4n) is 4.57. The van der Waals surface area contributed by atoms with E-state index in [1.54, 1.807) is 14.2 Å². The van der Waals surface area contributed by atoms with Crippen LogP contribution in [0.5, 0.6) is 0 Å². The molecule has 1 aliphatic heterocycles. The first-order valence-electron chi connectivity index (χ1n) is 10.9. The second-order valence-electron chi connectivity index (χ2n) is 10.6. The van der Waals surface area contributed by atoms with E-state index in [-0.39, 0.29) is 14.9 Å². The molecule has 3 unspecified atom stereocenters. The van der Waals surface area contributed by atoms with Crippen molar-refractivity contribution in [1.29, 1.82) is 0 Å². The lowest BCUT2D eigenvalue weighted by atomic mass is 9.88. The third kappa shape index (κ3) is 10.1. The van der Waals surface area contributed by atoms with Gasteiger partial charge in [-0.1, -0.05) is 21.3 Å². The molecular formula is C21H52O5Si4. The predicted octanol–water partition coefficient (Wildman–Crippen LogP) is 6.73. The molecule has 5 nitrogen and oxygen atoms in total. The highest BCUT2D eigenvalue weighted by atomic mass is 28.5. The van der Waals surface area contributed by atoms with Gasteiger partial charge in [0.1, 0.15) is 0 Å². The van der Waals surface area contributed by atoms with Gasteiger partial charge in [0, 0.05) is 14.2 Å². The molecule has 1 aliphatic carbocycles. The van der Waals surface area contributed by atoms with Crippen LogP contribution in [0.3, 0.4) is 0 Å². The van der Waals surface area contributed by atoms with E-state index in [4.69, 9.17) is 21.8 Å². The van der Waals surface area contributed by atoms with Crippen LogP contribution in [-0.2, 0) is 21.8 Å². The highest BCUT2D eigenvalue weighted by Crippen LogP contribution is 2.41. The molecule has 0 N–H and O–H groups in total. The molecule has 1 heterocycles. The highest BCUT2D eigenvalue weighted by Gasteiger charge is 2.45. The van der Waals surface area contributed by atoms with Crippen molar-refractivity contribution in [3.05, 3.63) is 0 Å². The van der Waals surface area contributed by atoms with Crippen molar-refractivity contribution in [3.8, 4) is 0 Å². The van der Waals surface area contributed by atoms with Crippen molar-refractivity contribution in [2.75, 3.05) is 14.2 Å². The SMILES string of the molecule is C.C.CO[Si](C)(CC[Si](C)(C)O[Si](C)(C)O[Si](C)(C)CCC1CCC2OC2C1)OC. The Balaban J connectivity index is 0.00000420. The van der Waals surface area contributed by atoms with Crippen LogP contribution in [0.15, 0.2) is 0 Å². The summed E-state index contributed by atoms with van der Waals surface area (Å²) in [5.74, 6) is 0.835. The Morgan fingerprint density at radius 3 is 1.77 bits per heavy atom. The lowest BCUT2D eigenvalue weighted by molar-refractivity contribution is 0.250. The van der Waals surface area contributed by atoms with Crippen LogP contribution in [0.2, 0.25) is 64.0 Å². The largest absolute Gasteiger partial charge is 0.437 e.